The summed E-state index contributed by atoms with van der Waals surface area (Å²) in [5, 5.41) is 0. The fourth-order valence-corrected chi connectivity index (χ4v) is 2.55. The van der Waals surface area contributed by atoms with Gasteiger partial charge in [0.1, 0.15) is 0 Å². The number of hydrogen-bond donors (Lipinski definition) is 0. The van der Waals surface area contributed by atoms with Crippen LogP contribution in [0.25, 0.3) is 0 Å². The van der Waals surface area contributed by atoms with E-state index < -0.39 is 0 Å². The quantitative estimate of drug-likeness (QED) is 0.542. The van der Waals surface area contributed by atoms with Crippen molar-refractivity contribution in [1.29, 1.82) is 0 Å². The van der Waals surface area contributed by atoms with Crippen molar-refractivity contribution in [2.24, 2.45) is 29.1 Å². The molecule has 0 aromatic carbocycles. The van der Waals surface area contributed by atoms with Crippen LogP contribution in [0.3, 0.4) is 0 Å². The Morgan fingerprint density at radius 3 is 1.50 bits per heavy atom. The second kappa shape index (κ2) is 8.14. The summed E-state index contributed by atoms with van der Waals surface area (Å²) in [5.74, 6) is 3.65. The van der Waals surface area contributed by atoms with Gasteiger partial charge in [0.15, 0.2) is 0 Å². The van der Waals surface area contributed by atoms with Crippen molar-refractivity contribution in [2.75, 3.05) is 0 Å². The monoisotopic (exact) mass is 228 g/mol. The van der Waals surface area contributed by atoms with E-state index in [1.165, 1.54) is 6.42 Å². The average molecular weight is 228 g/mol. The Balaban J connectivity index is 0. The van der Waals surface area contributed by atoms with Gasteiger partial charge in [-0.15, -0.1) is 0 Å². The molecule has 0 aromatic rings. The van der Waals surface area contributed by atoms with Gasteiger partial charge in [-0.1, -0.05) is 69.2 Å². The van der Waals surface area contributed by atoms with E-state index in [4.69, 9.17) is 0 Å². The highest BCUT2D eigenvalue weighted by Crippen LogP contribution is 2.55. The molecule has 0 N–H and O–H groups in total. The van der Waals surface area contributed by atoms with Crippen LogP contribution in [0.2, 0.25) is 0 Å². The molecular formula is C16H36. The summed E-state index contributed by atoms with van der Waals surface area (Å²) >= 11 is 0. The van der Waals surface area contributed by atoms with Crippen LogP contribution >= 0.6 is 0 Å². The first kappa shape index (κ1) is 18.4. The van der Waals surface area contributed by atoms with Crippen LogP contribution in [-0.4, -0.2) is 0 Å². The van der Waals surface area contributed by atoms with Crippen LogP contribution in [0.5, 0.6) is 0 Å². The Bertz CT molecular complexity index is 155. The van der Waals surface area contributed by atoms with Crippen LogP contribution in [-0.2, 0) is 0 Å². The average Bonchev–Trinajstić information content (AvgIpc) is 2.30. The van der Waals surface area contributed by atoms with Gasteiger partial charge >= 0.3 is 0 Å². The van der Waals surface area contributed by atoms with E-state index in [-0.39, 0.29) is 0 Å². The molecule has 0 amide bonds. The maximum absolute atomic E-state index is 2.44. The number of rotatable bonds is 2. The van der Waals surface area contributed by atoms with Crippen molar-refractivity contribution in [3.63, 3.8) is 0 Å². The van der Waals surface area contributed by atoms with Crippen molar-refractivity contribution in [3.8, 4) is 0 Å². The third-order valence-electron chi connectivity index (χ3n) is 4.52. The largest absolute Gasteiger partial charge is 0.0683 e. The van der Waals surface area contributed by atoms with Crippen molar-refractivity contribution in [2.45, 2.75) is 75.7 Å². The van der Waals surface area contributed by atoms with Crippen LogP contribution in [0.15, 0.2) is 0 Å². The van der Waals surface area contributed by atoms with Gasteiger partial charge in [0.2, 0.25) is 0 Å². The van der Waals surface area contributed by atoms with Crippen LogP contribution in [0.1, 0.15) is 75.7 Å². The molecule has 1 saturated carbocycles. The predicted octanol–water partition coefficient (Wildman–Crippen LogP) is 6.01. The second-order valence-corrected chi connectivity index (χ2v) is 5.67. The smallest absolute Gasteiger partial charge is 0.0297 e. The first-order chi connectivity index (χ1) is 7.37. The Labute approximate surface area is 105 Å². The lowest BCUT2D eigenvalue weighted by atomic mass is 9.51. The minimum atomic E-state index is 0.601. The lowest BCUT2D eigenvalue weighted by Crippen LogP contribution is -2.47. The molecule has 0 saturated heterocycles. The summed E-state index contributed by atoms with van der Waals surface area (Å²) in [7, 11) is 0. The predicted molar refractivity (Wildman–Crippen MR) is 77.8 cm³/mol. The highest BCUT2D eigenvalue weighted by molar-refractivity contribution is 4.96. The summed E-state index contributed by atoms with van der Waals surface area (Å²) in [6.07, 6.45) is 1.45. The highest BCUT2D eigenvalue weighted by atomic mass is 14.5. The van der Waals surface area contributed by atoms with E-state index in [2.05, 4.69) is 41.5 Å². The van der Waals surface area contributed by atoms with Gasteiger partial charge in [0.25, 0.3) is 0 Å². The first-order valence-electron chi connectivity index (χ1n) is 7.37. The fourth-order valence-electron chi connectivity index (χ4n) is 2.55. The molecule has 1 fully saturated rings. The van der Waals surface area contributed by atoms with Gasteiger partial charge < -0.3 is 0 Å². The van der Waals surface area contributed by atoms with Gasteiger partial charge in [0.05, 0.1) is 0 Å². The third-order valence-corrected chi connectivity index (χ3v) is 4.52. The second-order valence-electron chi connectivity index (χ2n) is 5.67. The molecule has 0 spiro atoms. The SMILES string of the molecule is CC.CC.CC(C)C(C)C1CC(C)C1(C)C. The molecule has 3 unspecified atom stereocenters. The van der Waals surface area contributed by atoms with Crippen LogP contribution in [0.4, 0.5) is 0 Å². The van der Waals surface area contributed by atoms with E-state index in [0.29, 0.717) is 5.41 Å². The maximum Gasteiger partial charge on any atom is -0.0297 e. The third kappa shape index (κ3) is 4.11. The molecule has 0 nitrogen and oxygen atoms in total. The van der Waals surface area contributed by atoms with E-state index in [0.717, 1.165) is 23.7 Å². The first-order valence-corrected chi connectivity index (χ1v) is 7.37. The summed E-state index contributed by atoms with van der Waals surface area (Å²) in [6.45, 7) is 22.4. The molecule has 0 bridgehead atoms. The van der Waals surface area contributed by atoms with Gasteiger partial charge in [0, 0.05) is 0 Å². The summed E-state index contributed by atoms with van der Waals surface area (Å²) in [5.41, 5.74) is 0.601. The molecule has 0 aromatic heterocycles. The van der Waals surface area contributed by atoms with Gasteiger partial charge in [-0.3, -0.25) is 0 Å². The molecule has 1 aliphatic rings. The normalized spacial score (nSPS) is 27.9. The van der Waals surface area contributed by atoms with Crippen molar-refractivity contribution in [3.05, 3.63) is 0 Å². The summed E-state index contributed by atoms with van der Waals surface area (Å²) < 4.78 is 0. The minimum absolute atomic E-state index is 0.601. The van der Waals surface area contributed by atoms with Crippen LogP contribution in [0, 0.1) is 29.1 Å². The maximum atomic E-state index is 2.44. The molecule has 16 heavy (non-hydrogen) atoms. The Kier molecular flexibility index (Phi) is 9.35. The van der Waals surface area contributed by atoms with Crippen LogP contribution < -0.4 is 0 Å². The lowest BCUT2D eigenvalue weighted by Gasteiger charge is -2.54. The van der Waals surface area contributed by atoms with Crippen molar-refractivity contribution < 1.29 is 0 Å². The summed E-state index contributed by atoms with van der Waals surface area (Å²) in [6, 6.07) is 0. The molecule has 1 aliphatic carbocycles. The molecule has 0 aliphatic heterocycles. The van der Waals surface area contributed by atoms with Gasteiger partial charge in [-0.2, -0.15) is 0 Å². The van der Waals surface area contributed by atoms with E-state index >= 15 is 0 Å². The Hall–Kier alpha value is 0. The van der Waals surface area contributed by atoms with Gasteiger partial charge in [-0.05, 0) is 35.5 Å². The Morgan fingerprint density at radius 1 is 0.938 bits per heavy atom. The molecule has 0 radical (unpaired) electrons. The molecule has 0 heterocycles. The highest BCUT2D eigenvalue weighted by Gasteiger charge is 2.47. The van der Waals surface area contributed by atoms with E-state index in [1.54, 1.807) is 0 Å². The zero-order valence-electron chi connectivity index (χ0n) is 13.5. The molecule has 1 rings (SSSR count). The Morgan fingerprint density at radius 2 is 1.31 bits per heavy atom. The lowest BCUT2D eigenvalue weighted by molar-refractivity contribution is -0.0542. The zero-order valence-corrected chi connectivity index (χ0v) is 13.5. The molecule has 100 valence electrons. The molecule has 0 heteroatoms. The fraction of sp³-hybridized carbons (Fsp3) is 1.00. The minimum Gasteiger partial charge on any atom is -0.0683 e. The zero-order chi connectivity index (χ0) is 13.5. The van der Waals surface area contributed by atoms with Gasteiger partial charge in [-0.25, -0.2) is 0 Å². The molecule has 3 atom stereocenters. The standard InChI is InChI=1S/C12H24.2C2H6/c1-8(2)10(4)11-7-9(3)12(11,5)6;2*1-2/h8-11H,7H2,1-6H3;2*1-2H3. The summed E-state index contributed by atoms with van der Waals surface area (Å²) in [4.78, 5) is 0. The topological polar surface area (TPSA) is 0 Å². The van der Waals surface area contributed by atoms with Crippen molar-refractivity contribution in [1.82, 2.24) is 0 Å². The number of hydrogen-bond acceptors (Lipinski definition) is 0. The molecular weight excluding hydrogens is 192 g/mol. The van der Waals surface area contributed by atoms with E-state index in [9.17, 15) is 0 Å². The van der Waals surface area contributed by atoms with Crippen molar-refractivity contribution >= 4 is 0 Å². The van der Waals surface area contributed by atoms with E-state index in [1.807, 2.05) is 27.7 Å².